The van der Waals surface area contributed by atoms with Crippen LogP contribution < -0.4 is 0 Å². The van der Waals surface area contributed by atoms with Crippen LogP contribution >= 0.6 is 34.9 Å². The average Bonchev–Trinajstić information content (AvgIpc) is 3.34. The van der Waals surface area contributed by atoms with Crippen LogP contribution in [0.2, 0.25) is 0 Å². The highest BCUT2D eigenvalue weighted by atomic mass is 32.2. The Hall–Kier alpha value is -1.96. The van der Waals surface area contributed by atoms with Gasteiger partial charge in [0.05, 0.1) is 0 Å². The van der Waals surface area contributed by atoms with Gasteiger partial charge in [0.2, 0.25) is 0 Å². The number of aryl methyl sites for hydroxylation is 2. The minimum atomic E-state index is -0.228. The highest BCUT2D eigenvalue weighted by Crippen LogP contribution is 2.42. The van der Waals surface area contributed by atoms with Gasteiger partial charge in [0.15, 0.2) is 5.16 Å². The molecule has 2 nitrogen and oxygen atoms in total. The van der Waals surface area contributed by atoms with E-state index in [0.29, 0.717) is 5.75 Å². The summed E-state index contributed by atoms with van der Waals surface area (Å²) in [5, 5.41) is 2.95. The molecule has 2 heterocycles. The summed E-state index contributed by atoms with van der Waals surface area (Å²) in [6, 6.07) is 13.2. The zero-order valence-electron chi connectivity index (χ0n) is 16.0. The normalized spacial score (nSPS) is 13.1. The summed E-state index contributed by atoms with van der Waals surface area (Å²) in [5.74, 6) is 0.982. The van der Waals surface area contributed by atoms with Gasteiger partial charge in [-0.3, -0.25) is 0 Å². The number of hydrogen-bond acceptors (Lipinski definition) is 5. The standard InChI is InChI=1S/C23H18F2N2S3/c24-16-8-4-14(5-9-16)12-28-21-20-18-2-1-3-19(18)30-22(20)27-23(26-21)29-13-15-6-10-17(25)11-7-15/h4-11H,1-3,12-13H2. The van der Waals surface area contributed by atoms with Crippen LogP contribution in [-0.2, 0) is 24.3 Å². The minimum absolute atomic E-state index is 0.219. The van der Waals surface area contributed by atoms with Crippen LogP contribution in [0.1, 0.15) is 28.0 Å². The van der Waals surface area contributed by atoms with Gasteiger partial charge >= 0.3 is 0 Å². The fourth-order valence-electron chi connectivity index (χ4n) is 3.57. The second-order valence-corrected chi connectivity index (χ2v) is 10.2. The molecule has 2 aromatic carbocycles. The first kappa shape index (κ1) is 20.0. The van der Waals surface area contributed by atoms with Gasteiger partial charge in [-0.05, 0) is 60.2 Å². The number of aromatic nitrogens is 2. The Bertz CT molecular complexity index is 1190. The molecule has 152 valence electrons. The molecular weight excluding hydrogens is 438 g/mol. The Kier molecular flexibility index (Phi) is 5.76. The van der Waals surface area contributed by atoms with Crippen molar-refractivity contribution < 1.29 is 8.78 Å². The third-order valence-corrected chi connectivity index (χ3v) is 8.23. The van der Waals surface area contributed by atoms with Gasteiger partial charge in [-0.2, -0.15) is 0 Å². The van der Waals surface area contributed by atoms with Crippen molar-refractivity contribution in [2.45, 2.75) is 41.0 Å². The van der Waals surface area contributed by atoms with Crippen molar-refractivity contribution in [1.29, 1.82) is 0 Å². The van der Waals surface area contributed by atoms with Crippen LogP contribution in [0.15, 0.2) is 58.7 Å². The molecule has 0 bridgehead atoms. The third-order valence-electron chi connectivity index (χ3n) is 5.08. The number of rotatable bonds is 6. The second-order valence-electron chi connectivity index (χ2n) is 7.18. The second kappa shape index (κ2) is 8.65. The van der Waals surface area contributed by atoms with Crippen LogP contribution in [0.3, 0.4) is 0 Å². The fourth-order valence-corrected chi connectivity index (χ4v) is 6.83. The molecule has 7 heteroatoms. The van der Waals surface area contributed by atoms with E-state index in [9.17, 15) is 8.78 Å². The van der Waals surface area contributed by atoms with Crippen molar-refractivity contribution in [2.24, 2.45) is 0 Å². The van der Waals surface area contributed by atoms with Gasteiger partial charge in [-0.1, -0.05) is 36.0 Å². The highest BCUT2D eigenvalue weighted by Gasteiger charge is 2.22. The maximum atomic E-state index is 13.2. The van der Waals surface area contributed by atoms with Crippen molar-refractivity contribution in [1.82, 2.24) is 9.97 Å². The molecule has 2 aromatic heterocycles. The van der Waals surface area contributed by atoms with Gasteiger partial charge in [0.1, 0.15) is 21.5 Å². The van der Waals surface area contributed by atoms with Gasteiger partial charge in [-0.25, -0.2) is 18.7 Å². The molecule has 0 atom stereocenters. The summed E-state index contributed by atoms with van der Waals surface area (Å²) in [4.78, 5) is 12.2. The molecule has 30 heavy (non-hydrogen) atoms. The first-order valence-electron chi connectivity index (χ1n) is 9.72. The fraction of sp³-hybridized carbons (Fsp3) is 0.217. The zero-order valence-corrected chi connectivity index (χ0v) is 18.5. The van der Waals surface area contributed by atoms with Crippen LogP contribution in [0.25, 0.3) is 10.2 Å². The van der Waals surface area contributed by atoms with E-state index in [1.54, 1.807) is 47.0 Å². The van der Waals surface area contributed by atoms with Crippen LogP contribution in [0.5, 0.6) is 0 Å². The van der Waals surface area contributed by atoms with Crippen LogP contribution in [0, 0.1) is 11.6 Å². The Morgan fingerprint density at radius 1 is 0.800 bits per heavy atom. The van der Waals surface area contributed by atoms with Crippen molar-refractivity contribution in [3.8, 4) is 0 Å². The Morgan fingerprint density at radius 2 is 1.43 bits per heavy atom. The molecule has 0 spiro atoms. The molecule has 0 unspecified atom stereocenters. The van der Waals surface area contributed by atoms with E-state index in [-0.39, 0.29) is 11.6 Å². The number of halogens is 2. The summed E-state index contributed by atoms with van der Waals surface area (Å²) in [6.45, 7) is 0. The summed E-state index contributed by atoms with van der Waals surface area (Å²) >= 11 is 5.04. The summed E-state index contributed by atoms with van der Waals surface area (Å²) in [7, 11) is 0. The summed E-state index contributed by atoms with van der Waals surface area (Å²) in [5.41, 5.74) is 3.52. The van der Waals surface area contributed by atoms with E-state index in [1.807, 2.05) is 12.1 Å². The molecule has 0 fully saturated rings. The monoisotopic (exact) mass is 456 g/mol. The molecule has 4 aromatic rings. The quantitative estimate of drug-likeness (QED) is 0.176. The lowest BCUT2D eigenvalue weighted by Gasteiger charge is -2.08. The Morgan fingerprint density at radius 3 is 2.10 bits per heavy atom. The number of thioether (sulfide) groups is 2. The first-order valence-corrected chi connectivity index (χ1v) is 12.5. The lowest BCUT2D eigenvalue weighted by molar-refractivity contribution is 0.627. The molecule has 0 aliphatic heterocycles. The van der Waals surface area contributed by atoms with E-state index < -0.39 is 0 Å². The van der Waals surface area contributed by atoms with Crippen molar-refractivity contribution in [2.75, 3.05) is 0 Å². The van der Waals surface area contributed by atoms with E-state index in [1.165, 1.54) is 46.5 Å². The predicted molar refractivity (Wildman–Crippen MR) is 121 cm³/mol. The summed E-state index contributed by atoms with van der Waals surface area (Å²) in [6.07, 6.45) is 3.40. The molecule has 1 aliphatic rings. The lowest BCUT2D eigenvalue weighted by atomic mass is 10.2. The maximum absolute atomic E-state index is 13.2. The highest BCUT2D eigenvalue weighted by molar-refractivity contribution is 7.99. The topological polar surface area (TPSA) is 25.8 Å². The number of fused-ring (bicyclic) bond motifs is 3. The van der Waals surface area contributed by atoms with Gasteiger partial charge in [0.25, 0.3) is 0 Å². The van der Waals surface area contributed by atoms with E-state index >= 15 is 0 Å². The smallest absolute Gasteiger partial charge is 0.190 e. The largest absolute Gasteiger partial charge is 0.215 e. The van der Waals surface area contributed by atoms with Crippen LogP contribution in [-0.4, -0.2) is 9.97 Å². The number of nitrogens with zero attached hydrogens (tertiary/aromatic N) is 2. The lowest BCUT2D eigenvalue weighted by Crippen LogP contribution is -1.93. The van der Waals surface area contributed by atoms with Crippen molar-refractivity contribution >= 4 is 45.1 Å². The van der Waals surface area contributed by atoms with E-state index in [2.05, 4.69) is 0 Å². The molecule has 0 saturated carbocycles. The molecule has 0 N–H and O–H groups in total. The predicted octanol–water partition coefficient (Wildman–Crippen LogP) is 7.04. The number of thiophene rings is 1. The van der Waals surface area contributed by atoms with E-state index in [4.69, 9.17) is 9.97 Å². The molecule has 0 saturated heterocycles. The maximum Gasteiger partial charge on any atom is 0.190 e. The molecule has 1 aliphatic carbocycles. The molecule has 0 amide bonds. The molecule has 5 rings (SSSR count). The zero-order chi connectivity index (χ0) is 20.5. The van der Waals surface area contributed by atoms with Crippen molar-refractivity contribution in [3.05, 3.63) is 81.7 Å². The van der Waals surface area contributed by atoms with E-state index in [0.717, 1.165) is 44.7 Å². The Labute approximate surface area is 186 Å². The third kappa shape index (κ3) is 4.24. The SMILES string of the molecule is Fc1ccc(CSc2nc(SCc3ccc(F)cc3)c3c4c(sc3n2)CCC4)cc1. The summed E-state index contributed by atoms with van der Waals surface area (Å²) < 4.78 is 26.4. The number of benzene rings is 2. The number of hydrogen-bond donors (Lipinski definition) is 0. The molecular formula is C23H18F2N2S3. The average molecular weight is 457 g/mol. The first-order chi connectivity index (χ1) is 14.7. The minimum Gasteiger partial charge on any atom is -0.215 e. The Balaban J connectivity index is 1.43. The van der Waals surface area contributed by atoms with Crippen molar-refractivity contribution in [3.63, 3.8) is 0 Å². The van der Waals surface area contributed by atoms with Gasteiger partial charge in [0, 0.05) is 21.8 Å². The van der Waals surface area contributed by atoms with Gasteiger partial charge < -0.3 is 0 Å². The van der Waals surface area contributed by atoms with Gasteiger partial charge in [-0.15, -0.1) is 23.1 Å². The van der Waals surface area contributed by atoms with Crippen LogP contribution in [0.4, 0.5) is 8.78 Å². The molecule has 0 radical (unpaired) electrons.